The number of para-hydroxylation sites is 1. The highest BCUT2D eigenvalue weighted by Gasteiger charge is 2.22. The number of rotatable bonds is 8. The molecule has 1 amide bonds. The summed E-state index contributed by atoms with van der Waals surface area (Å²) < 4.78 is 0. The smallest absolute Gasteiger partial charge is 0.354 e. The van der Waals surface area contributed by atoms with Gasteiger partial charge in [-0.25, -0.2) is 9.59 Å². The molecule has 2 heterocycles. The number of amides is 1. The lowest BCUT2D eigenvalue weighted by Crippen LogP contribution is -2.25. The fraction of sp³-hybridized carbons (Fsp3) is 0.244. The number of nitrogens with one attached hydrogen (secondary N) is 3. The molecule has 0 saturated carbocycles. The van der Waals surface area contributed by atoms with Gasteiger partial charge in [0.15, 0.2) is 5.71 Å². The molecule has 5 rings (SSSR count). The molecular weight excluding hydrogens is 675 g/mol. The predicted molar refractivity (Wildman–Crippen MR) is 215 cm³/mol. The number of fused-ring (bicyclic) bond motifs is 1. The topological polar surface area (TPSA) is 181 Å². The maximum Gasteiger partial charge on any atom is 0.354 e. The van der Waals surface area contributed by atoms with Gasteiger partial charge in [-0.3, -0.25) is 15.6 Å². The molecule has 52 heavy (non-hydrogen) atoms. The Morgan fingerprint density at radius 2 is 1.52 bits per heavy atom. The number of carboxylic acids is 2. The number of hydrogen-bond donors (Lipinski definition) is 6. The molecule has 0 saturated heterocycles. The number of carbonyl (C=O) groups is 3. The summed E-state index contributed by atoms with van der Waals surface area (Å²) in [5.74, 6) is -3.25. The van der Waals surface area contributed by atoms with E-state index in [0.29, 0.717) is 10.6 Å². The zero-order valence-electron chi connectivity index (χ0n) is 30.6. The van der Waals surface area contributed by atoms with Gasteiger partial charge in [0.1, 0.15) is 5.71 Å². The maximum absolute atomic E-state index is 12.9. The van der Waals surface area contributed by atoms with Crippen LogP contribution < -0.4 is 16.0 Å². The van der Waals surface area contributed by atoms with Crippen LogP contribution in [-0.4, -0.2) is 46.0 Å². The summed E-state index contributed by atoms with van der Waals surface area (Å²) in [5, 5.41) is 34.2. The van der Waals surface area contributed by atoms with Crippen LogP contribution in [0.3, 0.4) is 0 Å². The summed E-state index contributed by atoms with van der Waals surface area (Å²) in [6.45, 7) is 12.3. The Bertz CT molecular complexity index is 1880. The largest absolute Gasteiger partial charge is 0.477 e. The van der Waals surface area contributed by atoms with Gasteiger partial charge in [-0.15, -0.1) is 11.3 Å². The van der Waals surface area contributed by atoms with Crippen LogP contribution in [-0.2, 0) is 20.8 Å². The summed E-state index contributed by atoms with van der Waals surface area (Å²) in [4.78, 5) is 38.0. The number of allylic oxidation sites excluding steroid dienone is 2. The average molecular weight is 724 g/mol. The standard InChI is InChI=1S/C31H27N3O3S.C4H9N.C3H5NO2.C3H8/c1-20-9-12-24(13-10-20)34-17-5-6-21-18-22(11-15-27(21)34)28-16-14-25(38-28)19-26(29(32)31(36)37)30(35)33-23-7-3-2-4-8-23;1-3-4(2)5;1-2(4)3(5)6;1-3-2/h2-4,7-16,18-19,32H,5-6,17H2,1H3,(H,33,35)(H,36,37);3H,5H2,1-2H3;4H,1H3,(H,5,6);3H2,1-2H3/b26-19-,32-29?;4-3+;;. The second kappa shape index (κ2) is 21.4. The minimum atomic E-state index is -1.45. The average Bonchev–Trinajstić information content (AvgIpc) is 3.60. The minimum Gasteiger partial charge on any atom is -0.477 e. The summed E-state index contributed by atoms with van der Waals surface area (Å²) in [7, 11) is 0. The number of anilines is 3. The fourth-order valence-electron chi connectivity index (χ4n) is 4.56. The first-order valence-corrected chi connectivity index (χ1v) is 17.7. The van der Waals surface area contributed by atoms with Crippen LogP contribution in [0, 0.1) is 17.7 Å². The van der Waals surface area contributed by atoms with E-state index in [1.807, 2.05) is 38.1 Å². The highest BCUT2D eigenvalue weighted by atomic mass is 32.1. The first kappa shape index (κ1) is 42.4. The van der Waals surface area contributed by atoms with Crippen LogP contribution in [0.2, 0.25) is 0 Å². The van der Waals surface area contributed by atoms with Crippen molar-refractivity contribution in [2.24, 2.45) is 5.73 Å². The van der Waals surface area contributed by atoms with Crippen molar-refractivity contribution in [3.05, 3.63) is 118 Å². The molecule has 1 aliphatic heterocycles. The number of thiophene rings is 1. The molecule has 0 atom stereocenters. The van der Waals surface area contributed by atoms with E-state index in [9.17, 15) is 19.5 Å². The van der Waals surface area contributed by atoms with E-state index in [4.69, 9.17) is 21.7 Å². The second-order valence-corrected chi connectivity index (χ2v) is 13.0. The predicted octanol–water partition coefficient (Wildman–Crippen LogP) is 9.33. The first-order chi connectivity index (χ1) is 24.7. The molecular formula is C41H49N5O5S. The van der Waals surface area contributed by atoms with E-state index < -0.39 is 23.6 Å². The normalized spacial score (nSPS) is 11.9. The zero-order valence-corrected chi connectivity index (χ0v) is 31.4. The summed E-state index contributed by atoms with van der Waals surface area (Å²) in [5.41, 5.74) is 11.3. The maximum atomic E-state index is 12.9. The van der Waals surface area contributed by atoms with E-state index in [1.165, 1.54) is 53.3 Å². The summed E-state index contributed by atoms with van der Waals surface area (Å²) >= 11 is 1.46. The second-order valence-electron chi connectivity index (χ2n) is 11.9. The molecule has 0 bridgehead atoms. The molecule has 10 nitrogen and oxygen atoms in total. The Morgan fingerprint density at radius 3 is 2.06 bits per heavy atom. The molecule has 0 radical (unpaired) electrons. The highest BCUT2D eigenvalue weighted by Crippen LogP contribution is 2.38. The Labute approximate surface area is 310 Å². The van der Waals surface area contributed by atoms with Crippen molar-refractivity contribution in [2.75, 3.05) is 16.8 Å². The van der Waals surface area contributed by atoms with Crippen LogP contribution >= 0.6 is 11.3 Å². The third kappa shape index (κ3) is 13.5. The lowest BCUT2D eigenvalue weighted by molar-refractivity contribution is -0.130. The van der Waals surface area contributed by atoms with E-state index in [1.54, 1.807) is 24.3 Å². The molecule has 1 aromatic heterocycles. The van der Waals surface area contributed by atoms with E-state index >= 15 is 0 Å². The third-order valence-electron chi connectivity index (χ3n) is 7.28. The van der Waals surface area contributed by atoms with Gasteiger partial charge in [0.2, 0.25) is 0 Å². The molecule has 3 aromatic carbocycles. The lowest BCUT2D eigenvalue weighted by atomic mass is 9.98. The molecule has 7 N–H and O–H groups in total. The van der Waals surface area contributed by atoms with Crippen molar-refractivity contribution >= 4 is 63.7 Å². The molecule has 11 heteroatoms. The van der Waals surface area contributed by atoms with Crippen LogP contribution in [0.15, 0.2) is 102 Å². The zero-order chi connectivity index (χ0) is 38.8. The number of aliphatic carboxylic acids is 2. The number of nitrogens with zero attached hydrogens (tertiary/aromatic N) is 1. The van der Waals surface area contributed by atoms with Crippen LogP contribution in [0.4, 0.5) is 17.1 Å². The van der Waals surface area contributed by atoms with Crippen LogP contribution in [0.25, 0.3) is 16.5 Å². The van der Waals surface area contributed by atoms with E-state index in [0.717, 1.165) is 35.5 Å². The molecule has 0 fully saturated rings. The van der Waals surface area contributed by atoms with Crippen molar-refractivity contribution in [1.82, 2.24) is 0 Å². The molecule has 0 spiro atoms. The van der Waals surface area contributed by atoms with Gasteiger partial charge in [-0.1, -0.05) is 68.3 Å². The van der Waals surface area contributed by atoms with Crippen molar-refractivity contribution in [3.8, 4) is 10.4 Å². The van der Waals surface area contributed by atoms with Crippen molar-refractivity contribution in [1.29, 1.82) is 10.8 Å². The molecule has 0 aliphatic carbocycles. The van der Waals surface area contributed by atoms with E-state index in [2.05, 4.69) is 73.5 Å². The van der Waals surface area contributed by atoms with Gasteiger partial charge < -0.3 is 26.2 Å². The molecule has 0 unspecified atom stereocenters. The molecule has 4 aromatic rings. The number of carboxylic acid groups (broad SMARTS) is 2. The quantitative estimate of drug-likeness (QED) is 0.0774. The van der Waals surface area contributed by atoms with Gasteiger partial charge >= 0.3 is 11.9 Å². The first-order valence-electron chi connectivity index (χ1n) is 16.9. The van der Waals surface area contributed by atoms with Gasteiger partial charge in [0, 0.05) is 39.1 Å². The summed E-state index contributed by atoms with van der Waals surface area (Å²) in [6.07, 6.45) is 6.66. The van der Waals surface area contributed by atoms with E-state index in [-0.39, 0.29) is 11.3 Å². The number of nitrogens with two attached hydrogens (primary N) is 1. The SMILES string of the molecule is C/C=C(\C)N.CC(=N)C(=O)O.CCC.Cc1ccc(N2CCCc3cc(-c4ccc(/C=C(/C(=N)C(=O)O)C(=O)Nc5ccccc5)s4)ccc32)cc1. The van der Waals surface area contributed by atoms with Crippen LogP contribution in [0.5, 0.6) is 0 Å². The number of aryl methyl sites for hydroxylation is 2. The third-order valence-corrected chi connectivity index (χ3v) is 8.36. The Morgan fingerprint density at radius 1 is 0.923 bits per heavy atom. The van der Waals surface area contributed by atoms with Gasteiger partial charge in [-0.2, -0.15) is 0 Å². The Hall–Kier alpha value is -5.81. The number of hydrogen-bond acceptors (Lipinski definition) is 8. The minimum absolute atomic E-state index is 0.200. The summed E-state index contributed by atoms with van der Waals surface area (Å²) in [6, 6.07) is 27.7. The van der Waals surface area contributed by atoms with Crippen molar-refractivity contribution < 1.29 is 24.6 Å². The number of carbonyl (C=O) groups excluding carboxylic acids is 1. The lowest BCUT2D eigenvalue weighted by Gasteiger charge is -2.31. The fourth-order valence-corrected chi connectivity index (χ4v) is 5.51. The van der Waals surface area contributed by atoms with Crippen molar-refractivity contribution in [2.45, 2.75) is 60.8 Å². The Balaban J connectivity index is 0.000000571. The van der Waals surface area contributed by atoms with Crippen molar-refractivity contribution in [3.63, 3.8) is 0 Å². The van der Waals surface area contributed by atoms with Gasteiger partial charge in [0.25, 0.3) is 5.91 Å². The van der Waals surface area contributed by atoms with Crippen LogP contribution in [0.1, 0.15) is 63.5 Å². The highest BCUT2D eigenvalue weighted by molar-refractivity contribution is 7.16. The molecule has 1 aliphatic rings. The van der Waals surface area contributed by atoms with Gasteiger partial charge in [0.05, 0.1) is 5.57 Å². The Kier molecular flexibility index (Phi) is 17.4. The van der Waals surface area contributed by atoms with Gasteiger partial charge in [-0.05, 0) is 106 Å². The number of benzene rings is 3. The monoisotopic (exact) mass is 723 g/mol. The molecule has 274 valence electrons.